The van der Waals surface area contributed by atoms with Crippen molar-refractivity contribution in [3.05, 3.63) is 46.4 Å². The van der Waals surface area contributed by atoms with Crippen LogP contribution in [0.15, 0.2) is 24.3 Å². The van der Waals surface area contributed by atoms with Gasteiger partial charge in [0.2, 0.25) is 0 Å². The molecule has 1 amide bonds. The van der Waals surface area contributed by atoms with Crippen LogP contribution in [0.1, 0.15) is 21.9 Å². The quantitative estimate of drug-likeness (QED) is 0.684. The van der Waals surface area contributed by atoms with Crippen molar-refractivity contribution in [3.8, 4) is 11.3 Å². The van der Waals surface area contributed by atoms with Crippen LogP contribution < -0.4 is 10.2 Å². The Morgan fingerprint density at radius 3 is 2.69 bits per heavy atom. The molecule has 0 aliphatic carbocycles. The van der Waals surface area contributed by atoms with E-state index in [1.54, 1.807) is 16.8 Å². The number of hydrogen-bond donors (Lipinski definition) is 2. The van der Waals surface area contributed by atoms with Gasteiger partial charge in [0.1, 0.15) is 5.69 Å². The van der Waals surface area contributed by atoms with Gasteiger partial charge in [-0.25, -0.2) is 0 Å². The predicted molar refractivity (Wildman–Crippen MR) is 113 cm³/mol. The summed E-state index contributed by atoms with van der Waals surface area (Å²) in [6.45, 7) is 6.74. The van der Waals surface area contributed by atoms with Gasteiger partial charge in [-0.05, 0) is 38.1 Å². The Kier molecular flexibility index (Phi) is 5.29. The van der Waals surface area contributed by atoms with Gasteiger partial charge in [-0.2, -0.15) is 10.2 Å². The number of benzene rings is 1. The number of halogens is 1. The second kappa shape index (κ2) is 7.88. The number of aromatic nitrogens is 4. The molecule has 152 valence electrons. The number of carbonyl (C=O) groups is 1. The monoisotopic (exact) mass is 414 g/mol. The third kappa shape index (κ3) is 3.86. The largest absolute Gasteiger partial charge is 0.378 e. The summed E-state index contributed by atoms with van der Waals surface area (Å²) in [5.41, 5.74) is 5.44. The molecule has 8 nitrogen and oxygen atoms in total. The van der Waals surface area contributed by atoms with Crippen LogP contribution in [0.2, 0.25) is 5.02 Å². The maximum absolute atomic E-state index is 12.9. The summed E-state index contributed by atoms with van der Waals surface area (Å²) in [5.74, 6) is -0.278. The molecule has 0 unspecified atom stereocenters. The van der Waals surface area contributed by atoms with Crippen molar-refractivity contribution in [2.24, 2.45) is 7.05 Å². The number of carbonyl (C=O) groups excluding carboxylic acids is 1. The SMILES string of the molecule is Cc1nn(C)c(C)c1-c1cc(C(=O)Nc2cc(Cl)ccc2N2CCOCC2)[nH]n1. The predicted octanol–water partition coefficient (Wildman–Crippen LogP) is 3.17. The number of hydrogen-bond acceptors (Lipinski definition) is 5. The maximum atomic E-state index is 12.9. The molecule has 3 aromatic rings. The van der Waals surface area contributed by atoms with Crippen molar-refractivity contribution in [2.45, 2.75) is 13.8 Å². The first-order valence-electron chi connectivity index (χ1n) is 9.43. The van der Waals surface area contributed by atoms with Crippen molar-refractivity contribution in [1.29, 1.82) is 0 Å². The molecule has 1 saturated heterocycles. The Hall–Kier alpha value is -2.84. The minimum absolute atomic E-state index is 0.278. The summed E-state index contributed by atoms with van der Waals surface area (Å²) in [4.78, 5) is 15.1. The molecule has 1 aromatic carbocycles. The second-order valence-electron chi connectivity index (χ2n) is 7.05. The normalized spacial score (nSPS) is 14.3. The Labute approximate surface area is 173 Å². The van der Waals surface area contributed by atoms with E-state index in [9.17, 15) is 4.79 Å². The minimum Gasteiger partial charge on any atom is -0.378 e. The van der Waals surface area contributed by atoms with Gasteiger partial charge in [-0.1, -0.05) is 11.6 Å². The van der Waals surface area contributed by atoms with Gasteiger partial charge in [0.05, 0.1) is 36.0 Å². The van der Waals surface area contributed by atoms with Crippen molar-refractivity contribution in [1.82, 2.24) is 20.0 Å². The summed E-state index contributed by atoms with van der Waals surface area (Å²) in [6, 6.07) is 7.25. The summed E-state index contributed by atoms with van der Waals surface area (Å²) in [5, 5.41) is 15.1. The van der Waals surface area contributed by atoms with E-state index in [4.69, 9.17) is 16.3 Å². The van der Waals surface area contributed by atoms with Gasteiger partial charge in [0.15, 0.2) is 0 Å². The lowest BCUT2D eigenvalue weighted by atomic mass is 10.1. The molecule has 1 aliphatic rings. The molecule has 0 atom stereocenters. The fourth-order valence-corrected chi connectivity index (χ4v) is 3.76. The molecule has 0 radical (unpaired) electrons. The molecule has 0 spiro atoms. The average molecular weight is 415 g/mol. The minimum atomic E-state index is -0.278. The molecule has 1 fully saturated rings. The van der Waals surface area contributed by atoms with Crippen LogP contribution in [0.3, 0.4) is 0 Å². The Morgan fingerprint density at radius 1 is 1.24 bits per heavy atom. The number of nitrogens with one attached hydrogen (secondary N) is 2. The van der Waals surface area contributed by atoms with Crippen LogP contribution in [-0.4, -0.2) is 52.2 Å². The topological polar surface area (TPSA) is 88.1 Å². The zero-order valence-electron chi connectivity index (χ0n) is 16.6. The first kappa shape index (κ1) is 19.5. The highest BCUT2D eigenvalue weighted by atomic mass is 35.5. The molecule has 29 heavy (non-hydrogen) atoms. The lowest BCUT2D eigenvalue weighted by Gasteiger charge is -2.30. The first-order chi connectivity index (χ1) is 13.9. The highest BCUT2D eigenvalue weighted by molar-refractivity contribution is 6.31. The summed E-state index contributed by atoms with van der Waals surface area (Å²) < 4.78 is 7.23. The van der Waals surface area contributed by atoms with Gasteiger partial charge in [-0.3, -0.25) is 14.6 Å². The van der Waals surface area contributed by atoms with Gasteiger partial charge in [-0.15, -0.1) is 0 Å². The number of aryl methyl sites for hydroxylation is 2. The van der Waals surface area contributed by atoms with Crippen molar-refractivity contribution >= 4 is 28.9 Å². The molecule has 3 heterocycles. The Morgan fingerprint density at radius 2 is 2.00 bits per heavy atom. The molecular weight excluding hydrogens is 392 g/mol. The molecule has 1 aliphatic heterocycles. The standard InChI is InChI=1S/C20H23ClN6O2/c1-12-19(13(2)26(3)25-12)16-11-17(24-23-16)20(28)22-15-10-14(21)4-5-18(15)27-6-8-29-9-7-27/h4-5,10-11H,6-9H2,1-3H3,(H,22,28)(H,23,24). The lowest BCUT2D eigenvalue weighted by molar-refractivity contribution is 0.102. The van der Waals surface area contributed by atoms with Gasteiger partial charge < -0.3 is 15.0 Å². The number of aromatic amines is 1. The van der Waals surface area contributed by atoms with Crippen LogP contribution in [0.5, 0.6) is 0 Å². The van der Waals surface area contributed by atoms with Crippen LogP contribution in [-0.2, 0) is 11.8 Å². The molecule has 9 heteroatoms. The summed E-state index contributed by atoms with van der Waals surface area (Å²) >= 11 is 6.18. The third-order valence-electron chi connectivity index (χ3n) is 5.15. The fourth-order valence-electron chi connectivity index (χ4n) is 3.59. The molecule has 4 rings (SSSR count). The van der Waals surface area contributed by atoms with E-state index in [0.29, 0.717) is 35.3 Å². The number of anilines is 2. The smallest absolute Gasteiger partial charge is 0.273 e. The summed E-state index contributed by atoms with van der Waals surface area (Å²) in [6.07, 6.45) is 0. The van der Waals surface area contributed by atoms with Gasteiger partial charge in [0.25, 0.3) is 5.91 Å². The highest BCUT2D eigenvalue weighted by Crippen LogP contribution is 2.31. The van der Waals surface area contributed by atoms with E-state index >= 15 is 0 Å². The van der Waals surface area contributed by atoms with Crippen LogP contribution in [0.4, 0.5) is 11.4 Å². The number of ether oxygens (including phenoxy) is 1. The van der Waals surface area contributed by atoms with Crippen LogP contribution in [0.25, 0.3) is 11.3 Å². The van der Waals surface area contributed by atoms with E-state index in [1.807, 2.05) is 33.0 Å². The Bertz CT molecular complexity index is 1050. The van der Waals surface area contributed by atoms with Crippen molar-refractivity contribution in [3.63, 3.8) is 0 Å². The number of H-pyrrole nitrogens is 1. The molecule has 0 bridgehead atoms. The van der Waals surface area contributed by atoms with Crippen LogP contribution in [0, 0.1) is 13.8 Å². The highest BCUT2D eigenvalue weighted by Gasteiger charge is 2.20. The van der Waals surface area contributed by atoms with Gasteiger partial charge >= 0.3 is 0 Å². The van der Waals surface area contributed by atoms with E-state index in [2.05, 4.69) is 25.5 Å². The first-order valence-corrected chi connectivity index (χ1v) is 9.81. The number of rotatable bonds is 4. The second-order valence-corrected chi connectivity index (χ2v) is 7.49. The fraction of sp³-hybridized carbons (Fsp3) is 0.350. The summed E-state index contributed by atoms with van der Waals surface area (Å²) in [7, 11) is 1.89. The van der Waals surface area contributed by atoms with Crippen molar-refractivity contribution in [2.75, 3.05) is 36.5 Å². The zero-order chi connectivity index (χ0) is 20.5. The van der Waals surface area contributed by atoms with E-state index < -0.39 is 0 Å². The molecule has 0 saturated carbocycles. The Balaban J connectivity index is 1.59. The third-order valence-corrected chi connectivity index (χ3v) is 5.38. The average Bonchev–Trinajstić information content (AvgIpc) is 3.27. The van der Waals surface area contributed by atoms with Gasteiger partial charge in [0, 0.05) is 36.4 Å². The van der Waals surface area contributed by atoms with E-state index in [1.165, 1.54) is 0 Å². The maximum Gasteiger partial charge on any atom is 0.273 e. The zero-order valence-corrected chi connectivity index (χ0v) is 17.4. The lowest BCUT2D eigenvalue weighted by Crippen LogP contribution is -2.36. The van der Waals surface area contributed by atoms with Crippen molar-refractivity contribution < 1.29 is 9.53 Å². The number of amides is 1. The molecular formula is C20H23ClN6O2. The molecule has 2 aromatic heterocycles. The van der Waals surface area contributed by atoms with E-state index in [-0.39, 0.29) is 5.91 Å². The number of nitrogens with zero attached hydrogens (tertiary/aromatic N) is 4. The number of morpholine rings is 1. The molecule has 2 N–H and O–H groups in total. The van der Waals surface area contributed by atoms with E-state index in [0.717, 1.165) is 35.7 Å². The van der Waals surface area contributed by atoms with Crippen LogP contribution >= 0.6 is 11.6 Å².